The lowest BCUT2D eigenvalue weighted by Gasteiger charge is -2.34. The number of alkyl halides is 3. The molecule has 12 heteroatoms. The van der Waals surface area contributed by atoms with Crippen molar-refractivity contribution in [2.24, 2.45) is 5.92 Å². The standard InChI is InChI=1S/C26H25ClF3N3O5/c1-25(2,3)38-24(37)14-7-9-32(10-8-14)20-11-15-13-31-33(19(15)12-16(20)23(35)36)22(34)21-17(26(28,29)30)5-4-6-18(21)27/h4-6,11-14H,7-10H2,1-3H3,(H,35,36). The summed E-state index contributed by atoms with van der Waals surface area (Å²) in [5, 5.41) is 13.8. The highest BCUT2D eigenvalue weighted by Crippen LogP contribution is 2.37. The molecule has 1 aliphatic rings. The minimum Gasteiger partial charge on any atom is -0.478 e. The zero-order valence-electron chi connectivity index (χ0n) is 20.8. The SMILES string of the molecule is CC(C)(C)OC(=O)C1CCN(c2cc3cnn(C(=O)c4c(Cl)cccc4C(F)(F)F)c3cc2C(=O)O)CC1. The van der Waals surface area contributed by atoms with E-state index in [2.05, 4.69) is 5.10 Å². The largest absolute Gasteiger partial charge is 0.478 e. The summed E-state index contributed by atoms with van der Waals surface area (Å²) in [5.41, 5.74) is -2.39. The summed E-state index contributed by atoms with van der Waals surface area (Å²) in [7, 11) is 0. The fraction of sp³-hybridized carbons (Fsp3) is 0.385. The van der Waals surface area contributed by atoms with Crippen LogP contribution in [0.4, 0.5) is 18.9 Å². The number of esters is 1. The van der Waals surface area contributed by atoms with Crippen molar-refractivity contribution >= 4 is 46.0 Å². The molecule has 0 saturated carbocycles. The number of fused-ring (bicyclic) bond motifs is 1. The van der Waals surface area contributed by atoms with Crippen molar-refractivity contribution in [1.29, 1.82) is 0 Å². The van der Waals surface area contributed by atoms with Gasteiger partial charge in [0.25, 0.3) is 5.91 Å². The highest BCUT2D eigenvalue weighted by atomic mass is 35.5. The fourth-order valence-corrected chi connectivity index (χ4v) is 4.74. The monoisotopic (exact) mass is 551 g/mol. The van der Waals surface area contributed by atoms with E-state index in [-0.39, 0.29) is 23.0 Å². The molecule has 0 spiro atoms. The van der Waals surface area contributed by atoms with Gasteiger partial charge in [-0.3, -0.25) is 9.59 Å². The number of hydrogen-bond donors (Lipinski definition) is 1. The number of carboxylic acids is 1. The average molecular weight is 552 g/mol. The second-order valence-corrected chi connectivity index (χ2v) is 10.5. The van der Waals surface area contributed by atoms with Gasteiger partial charge in [0.2, 0.25) is 0 Å². The second kappa shape index (κ2) is 9.94. The van der Waals surface area contributed by atoms with Gasteiger partial charge in [-0.05, 0) is 57.9 Å². The number of hydrogen-bond acceptors (Lipinski definition) is 6. The van der Waals surface area contributed by atoms with Crippen LogP contribution >= 0.6 is 11.6 Å². The van der Waals surface area contributed by atoms with E-state index in [0.29, 0.717) is 37.0 Å². The van der Waals surface area contributed by atoms with Crippen LogP contribution in [-0.2, 0) is 15.7 Å². The summed E-state index contributed by atoms with van der Waals surface area (Å²) in [6.45, 7) is 6.13. The summed E-state index contributed by atoms with van der Waals surface area (Å²) in [6.07, 6.45) is -2.66. The highest BCUT2D eigenvalue weighted by molar-refractivity contribution is 6.34. The van der Waals surface area contributed by atoms with Gasteiger partial charge < -0.3 is 14.7 Å². The Hall–Kier alpha value is -3.60. The number of carbonyl (C=O) groups excluding carboxylic acids is 2. The molecule has 0 atom stereocenters. The molecule has 4 rings (SSSR count). The van der Waals surface area contributed by atoms with Crippen LogP contribution in [0.1, 0.15) is 59.9 Å². The van der Waals surface area contributed by atoms with Crippen LogP contribution in [0.2, 0.25) is 5.02 Å². The van der Waals surface area contributed by atoms with Crippen molar-refractivity contribution in [3.8, 4) is 0 Å². The molecule has 0 amide bonds. The Balaban J connectivity index is 1.68. The number of piperidine rings is 1. The van der Waals surface area contributed by atoms with E-state index in [1.807, 2.05) is 4.90 Å². The predicted molar refractivity (Wildman–Crippen MR) is 134 cm³/mol. The van der Waals surface area contributed by atoms with Crippen LogP contribution in [0.3, 0.4) is 0 Å². The van der Waals surface area contributed by atoms with E-state index in [4.69, 9.17) is 16.3 Å². The molecular weight excluding hydrogens is 527 g/mol. The van der Waals surface area contributed by atoms with Crippen LogP contribution in [0, 0.1) is 5.92 Å². The Morgan fingerprint density at radius 2 is 1.76 bits per heavy atom. The molecule has 8 nitrogen and oxygen atoms in total. The summed E-state index contributed by atoms with van der Waals surface area (Å²) < 4.78 is 46.9. The van der Waals surface area contributed by atoms with E-state index in [0.717, 1.165) is 22.9 Å². The lowest BCUT2D eigenvalue weighted by atomic mass is 9.95. The van der Waals surface area contributed by atoms with E-state index in [1.54, 1.807) is 20.8 Å². The summed E-state index contributed by atoms with van der Waals surface area (Å²) in [5.74, 6) is -3.05. The topological polar surface area (TPSA) is 102 Å². The number of anilines is 1. The lowest BCUT2D eigenvalue weighted by molar-refractivity contribution is -0.160. The summed E-state index contributed by atoms with van der Waals surface area (Å²) in [6, 6.07) is 5.73. The first-order valence-electron chi connectivity index (χ1n) is 11.8. The van der Waals surface area contributed by atoms with Gasteiger partial charge in [0.1, 0.15) is 5.60 Å². The van der Waals surface area contributed by atoms with Crippen LogP contribution in [0.15, 0.2) is 36.5 Å². The van der Waals surface area contributed by atoms with Crippen LogP contribution in [-0.4, -0.2) is 51.4 Å². The van der Waals surface area contributed by atoms with Gasteiger partial charge in [0.15, 0.2) is 0 Å². The minimum atomic E-state index is -4.84. The smallest absolute Gasteiger partial charge is 0.417 e. The van der Waals surface area contributed by atoms with Gasteiger partial charge in [0.05, 0.1) is 45.0 Å². The molecule has 1 N–H and O–H groups in total. The third-order valence-electron chi connectivity index (χ3n) is 6.22. The molecule has 202 valence electrons. The number of aromatic nitrogens is 2. The van der Waals surface area contributed by atoms with Gasteiger partial charge in [-0.1, -0.05) is 17.7 Å². The highest BCUT2D eigenvalue weighted by Gasteiger charge is 2.37. The van der Waals surface area contributed by atoms with Crippen LogP contribution in [0.5, 0.6) is 0 Å². The number of ether oxygens (including phenoxy) is 1. The van der Waals surface area contributed by atoms with Crippen molar-refractivity contribution in [2.45, 2.75) is 45.4 Å². The van der Waals surface area contributed by atoms with E-state index in [9.17, 15) is 32.7 Å². The second-order valence-electron chi connectivity index (χ2n) is 10.0. The van der Waals surface area contributed by atoms with Gasteiger partial charge in [-0.2, -0.15) is 23.0 Å². The maximum atomic E-state index is 13.6. The molecule has 0 aliphatic carbocycles. The van der Waals surface area contributed by atoms with E-state index < -0.39 is 39.8 Å². The Labute approximate surface area is 220 Å². The number of carboxylic acid groups (broad SMARTS) is 1. The zero-order valence-corrected chi connectivity index (χ0v) is 21.6. The van der Waals surface area contributed by atoms with Gasteiger partial charge in [-0.15, -0.1) is 0 Å². The maximum Gasteiger partial charge on any atom is 0.417 e. The Bertz CT molecular complexity index is 1420. The van der Waals surface area contributed by atoms with Crippen molar-refractivity contribution in [1.82, 2.24) is 9.78 Å². The van der Waals surface area contributed by atoms with Gasteiger partial charge in [0, 0.05) is 18.5 Å². The molecule has 38 heavy (non-hydrogen) atoms. The van der Waals surface area contributed by atoms with Crippen LogP contribution < -0.4 is 4.90 Å². The molecule has 1 fully saturated rings. The van der Waals surface area contributed by atoms with E-state index in [1.165, 1.54) is 18.3 Å². The Morgan fingerprint density at radius 3 is 2.34 bits per heavy atom. The van der Waals surface area contributed by atoms with Crippen molar-refractivity contribution in [3.05, 3.63) is 58.2 Å². The number of rotatable bonds is 4. The minimum absolute atomic E-state index is 0.0211. The molecule has 0 bridgehead atoms. The third-order valence-corrected chi connectivity index (χ3v) is 6.53. The number of carbonyl (C=O) groups is 3. The molecule has 1 aromatic heterocycles. The van der Waals surface area contributed by atoms with Crippen molar-refractivity contribution < 1.29 is 37.4 Å². The number of benzene rings is 2. The number of halogens is 4. The fourth-order valence-electron chi connectivity index (χ4n) is 4.48. The molecule has 2 aromatic carbocycles. The van der Waals surface area contributed by atoms with Gasteiger partial charge >= 0.3 is 18.1 Å². The quantitative estimate of drug-likeness (QED) is 0.418. The summed E-state index contributed by atoms with van der Waals surface area (Å²) in [4.78, 5) is 39.6. The number of nitrogens with zero attached hydrogens (tertiary/aromatic N) is 3. The van der Waals surface area contributed by atoms with Gasteiger partial charge in [-0.25, -0.2) is 4.79 Å². The first-order valence-corrected chi connectivity index (χ1v) is 12.2. The first-order chi connectivity index (χ1) is 17.7. The Kier molecular flexibility index (Phi) is 7.17. The normalized spacial score (nSPS) is 15.1. The Morgan fingerprint density at radius 1 is 1.11 bits per heavy atom. The third kappa shape index (κ3) is 5.47. The molecule has 3 aromatic rings. The molecule has 0 radical (unpaired) electrons. The van der Waals surface area contributed by atoms with Crippen molar-refractivity contribution in [2.75, 3.05) is 18.0 Å². The molecular formula is C26H25ClF3N3O5. The number of aromatic carboxylic acids is 1. The first kappa shape index (κ1) is 27.4. The average Bonchev–Trinajstić information content (AvgIpc) is 3.24. The molecule has 1 aliphatic heterocycles. The predicted octanol–water partition coefficient (Wildman–Crippen LogP) is 5.65. The molecule has 0 unspecified atom stereocenters. The van der Waals surface area contributed by atoms with Crippen molar-refractivity contribution in [3.63, 3.8) is 0 Å². The molecule has 1 saturated heterocycles. The molecule has 2 heterocycles. The summed E-state index contributed by atoms with van der Waals surface area (Å²) >= 11 is 5.98. The maximum absolute atomic E-state index is 13.6. The van der Waals surface area contributed by atoms with E-state index >= 15 is 0 Å². The lowest BCUT2D eigenvalue weighted by Crippen LogP contribution is -2.39. The zero-order chi connectivity index (χ0) is 28.0. The van der Waals surface area contributed by atoms with Crippen LogP contribution in [0.25, 0.3) is 10.9 Å².